The first-order valence-electron chi connectivity index (χ1n) is 9.20. The van der Waals surface area contributed by atoms with E-state index in [1.165, 1.54) is 7.11 Å². The van der Waals surface area contributed by atoms with Crippen molar-refractivity contribution >= 4 is 23.9 Å². The number of amides is 1. The molecule has 2 heterocycles. The predicted octanol–water partition coefficient (Wildman–Crippen LogP) is 1.84. The quantitative estimate of drug-likeness (QED) is 0.701. The van der Waals surface area contributed by atoms with Crippen LogP contribution in [-0.2, 0) is 23.7 Å². The third kappa shape index (κ3) is 5.33. The molecular formula is C18H29N3O6. The topological polar surface area (TPSA) is 108 Å². The van der Waals surface area contributed by atoms with Crippen LogP contribution in [0.4, 0.5) is 4.79 Å². The number of aliphatic imine (C=N–C) groups is 2. The van der Waals surface area contributed by atoms with Crippen LogP contribution in [0.3, 0.4) is 0 Å². The molecule has 2 aliphatic heterocycles. The van der Waals surface area contributed by atoms with Crippen LogP contribution in [0.5, 0.6) is 0 Å². The molecule has 0 aromatic carbocycles. The van der Waals surface area contributed by atoms with Crippen molar-refractivity contribution < 1.29 is 28.5 Å². The lowest BCUT2D eigenvalue weighted by Crippen LogP contribution is -2.36. The van der Waals surface area contributed by atoms with Gasteiger partial charge in [-0.3, -0.25) is 0 Å². The van der Waals surface area contributed by atoms with Crippen LogP contribution in [-0.4, -0.2) is 67.4 Å². The Morgan fingerprint density at radius 3 is 2.33 bits per heavy atom. The van der Waals surface area contributed by atoms with Crippen molar-refractivity contribution in [2.75, 3.05) is 13.7 Å². The minimum Gasteiger partial charge on any atom is -0.474 e. The number of methoxy groups -OCH3 is 1. The Morgan fingerprint density at radius 2 is 1.78 bits per heavy atom. The Balaban J connectivity index is 2.05. The third-order valence-electron chi connectivity index (χ3n) is 4.10. The van der Waals surface area contributed by atoms with Gasteiger partial charge in [-0.05, 0) is 33.6 Å². The lowest BCUT2D eigenvalue weighted by atomic mass is 10.1. The number of carbonyl (C=O) groups excluding carboxylic acids is 2. The van der Waals surface area contributed by atoms with Gasteiger partial charge in [0.1, 0.15) is 17.8 Å². The highest BCUT2D eigenvalue weighted by Gasteiger charge is 2.43. The number of hydrogen-bond donors (Lipinski definition) is 1. The summed E-state index contributed by atoms with van der Waals surface area (Å²) < 4.78 is 21.7. The van der Waals surface area contributed by atoms with Gasteiger partial charge in [0.05, 0.1) is 13.7 Å². The molecule has 27 heavy (non-hydrogen) atoms. The van der Waals surface area contributed by atoms with Crippen LogP contribution in [0.1, 0.15) is 47.5 Å². The van der Waals surface area contributed by atoms with E-state index in [-0.39, 0.29) is 18.8 Å². The van der Waals surface area contributed by atoms with Gasteiger partial charge in [-0.15, -0.1) is 0 Å². The Kier molecular flexibility index (Phi) is 6.67. The average molecular weight is 383 g/mol. The van der Waals surface area contributed by atoms with Gasteiger partial charge in [-0.2, -0.15) is 0 Å². The molecule has 1 amide bonds. The number of carbonyl (C=O) groups is 2. The second-order valence-corrected chi connectivity index (χ2v) is 7.39. The number of rotatable bonds is 6. The molecule has 1 N–H and O–H groups in total. The number of hydrogen-bond acceptors (Lipinski definition) is 8. The summed E-state index contributed by atoms with van der Waals surface area (Å²) >= 11 is 0. The predicted molar refractivity (Wildman–Crippen MR) is 99.0 cm³/mol. The first kappa shape index (κ1) is 21.0. The van der Waals surface area contributed by atoms with Crippen LogP contribution in [0.15, 0.2) is 9.98 Å². The summed E-state index contributed by atoms with van der Waals surface area (Å²) in [5, 5.41) is 2.62. The zero-order chi connectivity index (χ0) is 20.2. The van der Waals surface area contributed by atoms with Crippen molar-refractivity contribution in [3.63, 3.8) is 0 Å². The van der Waals surface area contributed by atoms with Crippen molar-refractivity contribution in [2.45, 2.75) is 77.4 Å². The minimum absolute atomic E-state index is 0.104. The molecule has 0 saturated heterocycles. The third-order valence-corrected chi connectivity index (χ3v) is 4.10. The summed E-state index contributed by atoms with van der Waals surface area (Å²) in [5.74, 6) is 0.314. The van der Waals surface area contributed by atoms with Crippen molar-refractivity contribution in [1.82, 2.24) is 5.32 Å². The molecular weight excluding hydrogens is 354 g/mol. The second-order valence-electron chi connectivity index (χ2n) is 7.39. The van der Waals surface area contributed by atoms with Gasteiger partial charge < -0.3 is 24.3 Å². The van der Waals surface area contributed by atoms with Crippen LogP contribution >= 0.6 is 0 Å². The Morgan fingerprint density at radius 1 is 1.11 bits per heavy atom. The van der Waals surface area contributed by atoms with E-state index in [2.05, 4.69) is 15.3 Å². The van der Waals surface area contributed by atoms with E-state index < -0.39 is 29.7 Å². The van der Waals surface area contributed by atoms with Gasteiger partial charge in [0, 0.05) is 0 Å². The first-order chi connectivity index (χ1) is 12.7. The molecule has 2 aliphatic rings. The smallest absolute Gasteiger partial charge is 0.408 e. The maximum Gasteiger partial charge on any atom is 0.408 e. The summed E-state index contributed by atoms with van der Waals surface area (Å²) in [7, 11) is 1.33. The van der Waals surface area contributed by atoms with Crippen molar-refractivity contribution in [1.29, 1.82) is 0 Å². The summed E-state index contributed by atoms with van der Waals surface area (Å²) in [6.45, 7) is 9.35. The van der Waals surface area contributed by atoms with E-state index in [9.17, 15) is 9.59 Å². The number of nitrogens with zero attached hydrogens (tertiary/aromatic N) is 2. The molecule has 0 fully saturated rings. The van der Waals surface area contributed by atoms with E-state index in [1.54, 1.807) is 20.8 Å². The Labute approximate surface area is 159 Å². The number of alkyl carbamates (subject to hydrolysis) is 1. The molecule has 152 valence electrons. The van der Waals surface area contributed by atoms with Crippen LogP contribution < -0.4 is 5.32 Å². The fraction of sp³-hybridized carbons (Fsp3) is 0.778. The molecule has 0 aromatic heterocycles. The monoisotopic (exact) mass is 383 g/mol. The van der Waals surface area contributed by atoms with Crippen molar-refractivity contribution in [2.24, 2.45) is 9.98 Å². The average Bonchev–Trinajstić information content (AvgIpc) is 3.21. The molecule has 0 aromatic rings. The SMILES string of the molecule is CCC1OC(C2N=C(CNC(=O)OC(C)(C)C)OC2CC)=NC1C(=O)OC. The van der Waals surface area contributed by atoms with E-state index in [1.807, 2.05) is 13.8 Å². The number of ether oxygens (including phenoxy) is 4. The van der Waals surface area contributed by atoms with Gasteiger partial charge in [-0.1, -0.05) is 13.8 Å². The zero-order valence-electron chi connectivity index (χ0n) is 16.8. The molecule has 9 nitrogen and oxygen atoms in total. The van der Waals surface area contributed by atoms with Gasteiger partial charge in [-0.25, -0.2) is 19.6 Å². The molecule has 0 spiro atoms. The van der Waals surface area contributed by atoms with Gasteiger partial charge in [0.15, 0.2) is 12.1 Å². The highest BCUT2D eigenvalue weighted by Crippen LogP contribution is 2.26. The van der Waals surface area contributed by atoms with Gasteiger partial charge in [0.25, 0.3) is 0 Å². The Hall–Kier alpha value is -2.32. The standard InChI is InChI=1S/C18H29N3O6/c1-7-10-13(15-21-14(16(22)24-6)11(8-2)26-15)20-12(25-10)9-19-17(23)27-18(3,4)5/h10-11,13-14H,7-9H2,1-6H3,(H,19,23). The van der Waals surface area contributed by atoms with E-state index >= 15 is 0 Å². The maximum atomic E-state index is 11.9. The molecule has 0 bridgehead atoms. The summed E-state index contributed by atoms with van der Waals surface area (Å²) in [5.41, 5.74) is -0.582. The largest absolute Gasteiger partial charge is 0.474 e. The number of esters is 1. The van der Waals surface area contributed by atoms with Crippen molar-refractivity contribution in [3.8, 4) is 0 Å². The number of nitrogens with one attached hydrogen (secondary N) is 1. The van der Waals surface area contributed by atoms with E-state index in [0.717, 1.165) is 0 Å². The van der Waals surface area contributed by atoms with Gasteiger partial charge in [0.2, 0.25) is 11.8 Å². The Bertz CT molecular complexity index is 625. The lowest BCUT2D eigenvalue weighted by Gasteiger charge is -2.19. The van der Waals surface area contributed by atoms with Crippen LogP contribution in [0.25, 0.3) is 0 Å². The van der Waals surface area contributed by atoms with E-state index in [4.69, 9.17) is 18.9 Å². The maximum absolute atomic E-state index is 11.9. The first-order valence-corrected chi connectivity index (χ1v) is 9.20. The molecule has 4 atom stereocenters. The molecule has 0 saturated carbocycles. The van der Waals surface area contributed by atoms with Crippen molar-refractivity contribution in [3.05, 3.63) is 0 Å². The lowest BCUT2D eigenvalue weighted by molar-refractivity contribution is -0.143. The summed E-state index contributed by atoms with van der Waals surface area (Å²) in [4.78, 5) is 32.6. The molecule has 4 unspecified atom stereocenters. The highest BCUT2D eigenvalue weighted by molar-refractivity contribution is 5.94. The zero-order valence-corrected chi connectivity index (χ0v) is 16.8. The molecule has 2 rings (SSSR count). The fourth-order valence-corrected chi connectivity index (χ4v) is 2.83. The van der Waals surface area contributed by atoms with Crippen LogP contribution in [0, 0.1) is 0 Å². The second kappa shape index (κ2) is 8.58. The molecule has 0 radical (unpaired) electrons. The normalized spacial score (nSPS) is 27.2. The highest BCUT2D eigenvalue weighted by atomic mass is 16.6. The summed E-state index contributed by atoms with van der Waals surface area (Å²) in [6.07, 6.45) is 0.105. The van der Waals surface area contributed by atoms with Crippen LogP contribution in [0.2, 0.25) is 0 Å². The summed E-state index contributed by atoms with van der Waals surface area (Å²) in [6, 6.07) is -1.14. The van der Waals surface area contributed by atoms with Gasteiger partial charge >= 0.3 is 12.1 Å². The molecule has 0 aliphatic carbocycles. The minimum atomic E-state index is -0.688. The van der Waals surface area contributed by atoms with E-state index in [0.29, 0.717) is 24.6 Å². The fourth-order valence-electron chi connectivity index (χ4n) is 2.83. The molecule has 9 heteroatoms.